The van der Waals surface area contributed by atoms with E-state index < -0.39 is 0 Å². The highest BCUT2D eigenvalue weighted by molar-refractivity contribution is 6.34. The van der Waals surface area contributed by atoms with Crippen LogP contribution in [-0.4, -0.2) is 13.2 Å². The number of hydrogen-bond acceptors (Lipinski definition) is 2. The maximum atomic E-state index is 6.45. The Balaban J connectivity index is 2.96. The maximum absolute atomic E-state index is 6.45. The van der Waals surface area contributed by atoms with Gasteiger partial charge in [0.2, 0.25) is 0 Å². The highest BCUT2D eigenvalue weighted by Crippen LogP contribution is 2.36. The van der Waals surface area contributed by atoms with E-state index in [4.69, 9.17) is 27.9 Å². The molecule has 1 unspecified atom stereocenters. The van der Waals surface area contributed by atoms with Crippen LogP contribution >= 0.6 is 23.2 Å². The summed E-state index contributed by atoms with van der Waals surface area (Å²) in [6.07, 6.45) is 3.31. The van der Waals surface area contributed by atoms with Crippen LogP contribution in [0.3, 0.4) is 0 Å². The van der Waals surface area contributed by atoms with Gasteiger partial charge in [0.1, 0.15) is 5.75 Å². The topological polar surface area (TPSA) is 21.3 Å². The molecule has 0 aromatic heterocycles. The fourth-order valence-corrected chi connectivity index (χ4v) is 2.78. The number of halogens is 2. The molecule has 0 aliphatic rings. The number of rotatable bonds is 9. The Morgan fingerprint density at radius 2 is 1.81 bits per heavy atom. The first-order valence-corrected chi connectivity index (χ1v) is 8.60. The van der Waals surface area contributed by atoms with Gasteiger partial charge >= 0.3 is 0 Å². The molecule has 1 aromatic carbocycles. The minimum absolute atomic E-state index is 0.244. The summed E-state index contributed by atoms with van der Waals surface area (Å²) in [5, 5.41) is 4.93. The SMILES string of the molecule is CCCNC(CCC(C)C)c1cc(Cl)c(OCC)cc1Cl. The van der Waals surface area contributed by atoms with E-state index in [1.807, 2.05) is 19.1 Å². The highest BCUT2D eigenvalue weighted by atomic mass is 35.5. The van der Waals surface area contributed by atoms with Crippen molar-refractivity contribution in [2.24, 2.45) is 5.92 Å². The summed E-state index contributed by atoms with van der Waals surface area (Å²) in [6, 6.07) is 4.02. The fraction of sp³-hybridized carbons (Fsp3) is 0.647. The van der Waals surface area contributed by atoms with Gasteiger partial charge in [-0.05, 0) is 50.3 Å². The summed E-state index contributed by atoms with van der Waals surface area (Å²) in [6.45, 7) is 10.1. The average Bonchev–Trinajstić information content (AvgIpc) is 2.43. The molecular weight excluding hydrogens is 305 g/mol. The predicted molar refractivity (Wildman–Crippen MR) is 92.7 cm³/mol. The van der Waals surface area contributed by atoms with Crippen molar-refractivity contribution in [2.45, 2.75) is 53.0 Å². The normalized spacial score (nSPS) is 12.7. The van der Waals surface area contributed by atoms with E-state index in [-0.39, 0.29) is 6.04 Å². The molecule has 1 N–H and O–H groups in total. The van der Waals surface area contributed by atoms with E-state index in [2.05, 4.69) is 26.1 Å². The molecule has 0 fully saturated rings. The lowest BCUT2D eigenvalue weighted by molar-refractivity contribution is 0.340. The molecule has 0 bridgehead atoms. The summed E-state index contributed by atoms with van der Waals surface area (Å²) in [5.41, 5.74) is 1.07. The van der Waals surface area contributed by atoms with Crippen molar-refractivity contribution in [3.63, 3.8) is 0 Å². The van der Waals surface area contributed by atoms with E-state index >= 15 is 0 Å². The third kappa shape index (κ3) is 6.06. The van der Waals surface area contributed by atoms with Crippen LogP contribution < -0.4 is 10.1 Å². The van der Waals surface area contributed by atoms with Gasteiger partial charge < -0.3 is 10.1 Å². The molecule has 1 rings (SSSR count). The predicted octanol–water partition coefficient (Wildman–Crippen LogP) is 5.87. The Morgan fingerprint density at radius 1 is 1.10 bits per heavy atom. The number of benzene rings is 1. The minimum Gasteiger partial charge on any atom is -0.492 e. The Bertz CT molecular complexity index is 435. The molecule has 0 amide bonds. The van der Waals surface area contributed by atoms with Gasteiger partial charge in [-0.3, -0.25) is 0 Å². The van der Waals surface area contributed by atoms with Gasteiger partial charge in [-0.2, -0.15) is 0 Å². The first kappa shape index (κ1) is 18.6. The van der Waals surface area contributed by atoms with Crippen LogP contribution in [0.25, 0.3) is 0 Å². The first-order chi connectivity index (χ1) is 9.99. The Hall–Kier alpha value is -0.440. The van der Waals surface area contributed by atoms with E-state index in [1.54, 1.807) is 0 Å². The second kappa shape index (κ2) is 9.55. The van der Waals surface area contributed by atoms with Gasteiger partial charge in [0, 0.05) is 17.1 Å². The number of hydrogen-bond donors (Lipinski definition) is 1. The van der Waals surface area contributed by atoms with Gasteiger partial charge in [0.15, 0.2) is 0 Å². The maximum Gasteiger partial charge on any atom is 0.139 e. The van der Waals surface area contributed by atoms with Crippen LogP contribution in [-0.2, 0) is 0 Å². The zero-order valence-electron chi connectivity index (χ0n) is 13.5. The van der Waals surface area contributed by atoms with Crippen molar-refractivity contribution < 1.29 is 4.74 Å². The summed E-state index contributed by atoms with van der Waals surface area (Å²) in [5.74, 6) is 1.33. The first-order valence-electron chi connectivity index (χ1n) is 7.84. The van der Waals surface area contributed by atoms with Crippen LogP contribution in [0, 0.1) is 5.92 Å². The van der Waals surface area contributed by atoms with Crippen molar-refractivity contribution in [3.8, 4) is 5.75 Å². The van der Waals surface area contributed by atoms with Crippen LogP contribution in [0.15, 0.2) is 12.1 Å². The lowest BCUT2D eigenvalue weighted by Crippen LogP contribution is -2.23. The van der Waals surface area contributed by atoms with Gasteiger partial charge in [0.25, 0.3) is 0 Å². The zero-order valence-corrected chi connectivity index (χ0v) is 15.0. The minimum atomic E-state index is 0.244. The summed E-state index contributed by atoms with van der Waals surface area (Å²) >= 11 is 12.8. The molecule has 120 valence electrons. The fourth-order valence-electron chi connectivity index (χ4n) is 2.26. The van der Waals surface area contributed by atoms with Crippen molar-refractivity contribution in [1.82, 2.24) is 5.32 Å². The second-order valence-electron chi connectivity index (χ2n) is 5.72. The van der Waals surface area contributed by atoms with Gasteiger partial charge in [-0.1, -0.05) is 44.0 Å². The van der Waals surface area contributed by atoms with Gasteiger partial charge in [-0.15, -0.1) is 0 Å². The van der Waals surface area contributed by atoms with Gasteiger partial charge in [-0.25, -0.2) is 0 Å². The van der Waals surface area contributed by atoms with Crippen LogP contribution in [0.2, 0.25) is 10.0 Å². The monoisotopic (exact) mass is 331 g/mol. The Morgan fingerprint density at radius 3 is 2.38 bits per heavy atom. The third-order valence-electron chi connectivity index (χ3n) is 3.40. The van der Waals surface area contributed by atoms with Crippen molar-refractivity contribution in [1.29, 1.82) is 0 Å². The molecule has 0 saturated carbocycles. The van der Waals surface area contributed by atoms with E-state index in [1.165, 1.54) is 0 Å². The van der Waals surface area contributed by atoms with Crippen molar-refractivity contribution >= 4 is 23.2 Å². The summed E-state index contributed by atoms with van der Waals surface area (Å²) < 4.78 is 5.49. The molecule has 0 heterocycles. The van der Waals surface area contributed by atoms with Gasteiger partial charge in [0.05, 0.1) is 11.6 Å². The number of nitrogens with one attached hydrogen (secondary N) is 1. The Labute approximate surface area is 139 Å². The average molecular weight is 332 g/mol. The molecule has 0 radical (unpaired) electrons. The van der Waals surface area contributed by atoms with Crippen LogP contribution in [0.4, 0.5) is 0 Å². The molecule has 21 heavy (non-hydrogen) atoms. The molecule has 0 spiro atoms. The quantitative estimate of drug-likeness (QED) is 0.611. The van der Waals surface area contributed by atoms with E-state index in [9.17, 15) is 0 Å². The van der Waals surface area contributed by atoms with Crippen molar-refractivity contribution in [2.75, 3.05) is 13.2 Å². The van der Waals surface area contributed by atoms with E-state index in [0.717, 1.165) is 36.4 Å². The molecule has 1 atom stereocenters. The molecule has 4 heteroatoms. The molecule has 1 aromatic rings. The largest absolute Gasteiger partial charge is 0.492 e. The summed E-state index contributed by atoms with van der Waals surface area (Å²) in [7, 11) is 0. The second-order valence-corrected chi connectivity index (χ2v) is 6.53. The summed E-state index contributed by atoms with van der Waals surface area (Å²) in [4.78, 5) is 0. The van der Waals surface area contributed by atoms with Crippen molar-refractivity contribution in [3.05, 3.63) is 27.7 Å². The zero-order chi connectivity index (χ0) is 15.8. The molecule has 2 nitrogen and oxygen atoms in total. The molecular formula is C17H27Cl2NO. The smallest absolute Gasteiger partial charge is 0.139 e. The molecule has 0 saturated heterocycles. The lowest BCUT2D eigenvalue weighted by atomic mass is 9.97. The van der Waals surface area contributed by atoms with E-state index in [0.29, 0.717) is 23.3 Å². The number of ether oxygens (including phenoxy) is 1. The standard InChI is InChI=1S/C17H27Cl2NO/c1-5-9-20-16(8-7-12(3)4)13-10-15(19)17(21-6-2)11-14(13)18/h10-12,16,20H,5-9H2,1-4H3. The molecule has 0 aliphatic carbocycles. The molecule has 0 aliphatic heterocycles. The van der Waals surface area contributed by atoms with Crippen LogP contribution in [0.1, 0.15) is 58.6 Å². The third-order valence-corrected chi connectivity index (χ3v) is 4.02. The lowest BCUT2D eigenvalue weighted by Gasteiger charge is -2.22. The highest BCUT2D eigenvalue weighted by Gasteiger charge is 2.17. The van der Waals surface area contributed by atoms with Crippen LogP contribution in [0.5, 0.6) is 5.75 Å². The Kier molecular flexibility index (Phi) is 8.46.